The van der Waals surface area contributed by atoms with E-state index in [1.165, 1.54) is 19.4 Å². The van der Waals surface area contributed by atoms with Crippen LogP contribution in [0.5, 0.6) is 0 Å². The van der Waals surface area contributed by atoms with Gasteiger partial charge in [0.25, 0.3) is 5.91 Å². The van der Waals surface area contributed by atoms with E-state index in [2.05, 4.69) is 4.98 Å². The van der Waals surface area contributed by atoms with E-state index >= 15 is 0 Å². The van der Waals surface area contributed by atoms with E-state index in [0.29, 0.717) is 0 Å². The number of nitrogens with zero attached hydrogens (tertiary/aromatic N) is 1. The highest BCUT2D eigenvalue weighted by molar-refractivity contribution is 5.93. The Balaban J connectivity index is 2.71. The molecule has 1 rings (SSSR count). The van der Waals surface area contributed by atoms with Gasteiger partial charge in [0.05, 0.1) is 6.42 Å². The summed E-state index contributed by atoms with van der Waals surface area (Å²) in [5, 5.41) is 0. The van der Waals surface area contributed by atoms with Crippen molar-refractivity contribution in [3.8, 4) is 0 Å². The topological polar surface area (TPSA) is 53.2 Å². The monoisotopic (exact) mass is 248 g/mol. The van der Waals surface area contributed by atoms with Gasteiger partial charge in [0.2, 0.25) is 0 Å². The molecule has 0 aromatic carbocycles. The molecule has 0 radical (unpaired) electrons. The van der Waals surface area contributed by atoms with Gasteiger partial charge in [0.15, 0.2) is 5.43 Å². The molecule has 0 aliphatic heterocycles. The summed E-state index contributed by atoms with van der Waals surface area (Å²) in [6.45, 7) is -0.476. The minimum absolute atomic E-state index is 0.169. The zero-order valence-corrected chi connectivity index (χ0v) is 9.04. The van der Waals surface area contributed by atoms with Gasteiger partial charge in [0.1, 0.15) is 5.56 Å². The highest BCUT2D eigenvalue weighted by Gasteiger charge is 2.28. The van der Waals surface area contributed by atoms with Gasteiger partial charge >= 0.3 is 6.18 Å². The molecular weight excluding hydrogens is 237 g/mol. The lowest BCUT2D eigenvalue weighted by atomic mass is 10.2. The first-order valence-corrected chi connectivity index (χ1v) is 4.80. The third-order valence-corrected chi connectivity index (χ3v) is 2.13. The number of carbonyl (C=O) groups is 1. The second kappa shape index (κ2) is 5.03. The first-order chi connectivity index (χ1) is 7.81. The Kier molecular flexibility index (Phi) is 3.93. The fourth-order valence-corrected chi connectivity index (χ4v) is 1.18. The number of rotatable bonds is 3. The first kappa shape index (κ1) is 13.3. The van der Waals surface area contributed by atoms with Crippen LogP contribution in [0.25, 0.3) is 0 Å². The van der Waals surface area contributed by atoms with Crippen molar-refractivity contribution in [1.29, 1.82) is 0 Å². The lowest BCUT2D eigenvalue weighted by Crippen LogP contribution is -2.33. The van der Waals surface area contributed by atoms with Crippen LogP contribution in [0.1, 0.15) is 16.8 Å². The summed E-state index contributed by atoms with van der Waals surface area (Å²) in [7, 11) is 1.22. The van der Waals surface area contributed by atoms with Gasteiger partial charge in [-0.15, -0.1) is 0 Å². The molecular formula is C10H11F3N2O2. The Bertz CT molecular complexity index is 453. The molecule has 4 nitrogen and oxygen atoms in total. The minimum Gasteiger partial charge on any atom is -0.367 e. The summed E-state index contributed by atoms with van der Waals surface area (Å²) in [6, 6.07) is 1.14. The molecule has 17 heavy (non-hydrogen) atoms. The molecule has 94 valence electrons. The van der Waals surface area contributed by atoms with Crippen LogP contribution in [-0.2, 0) is 0 Å². The quantitative estimate of drug-likeness (QED) is 0.879. The van der Waals surface area contributed by atoms with Crippen molar-refractivity contribution in [3.05, 3.63) is 34.2 Å². The van der Waals surface area contributed by atoms with Crippen molar-refractivity contribution in [3.63, 3.8) is 0 Å². The predicted octanol–water partition coefficient (Wildman–Crippen LogP) is 1.40. The zero-order chi connectivity index (χ0) is 13.1. The molecule has 0 aliphatic rings. The fraction of sp³-hybridized carbons (Fsp3) is 0.400. The molecule has 0 saturated carbocycles. The number of alkyl halides is 3. The smallest absolute Gasteiger partial charge is 0.367 e. The van der Waals surface area contributed by atoms with Crippen LogP contribution in [0.4, 0.5) is 13.2 Å². The number of hydrogen-bond donors (Lipinski definition) is 1. The summed E-state index contributed by atoms with van der Waals surface area (Å²) in [4.78, 5) is 26.3. The number of halogens is 3. The number of H-pyrrole nitrogens is 1. The number of nitrogens with one attached hydrogen (secondary N) is 1. The summed E-state index contributed by atoms with van der Waals surface area (Å²) < 4.78 is 35.9. The minimum atomic E-state index is -4.32. The van der Waals surface area contributed by atoms with E-state index in [0.717, 1.165) is 11.0 Å². The highest BCUT2D eigenvalue weighted by Crippen LogP contribution is 2.19. The molecule has 0 fully saturated rings. The standard InChI is InChI=1S/C10H11F3N2O2/c1-15(5-3-10(11,12)13)9(17)7-6-14-4-2-8(7)16/h2,4,6H,3,5H2,1H3,(H,14,16). The molecule has 1 heterocycles. The van der Waals surface area contributed by atoms with Gasteiger partial charge in [-0.25, -0.2) is 0 Å². The molecule has 0 unspecified atom stereocenters. The molecule has 1 aromatic rings. The maximum absolute atomic E-state index is 12.0. The average molecular weight is 248 g/mol. The van der Waals surface area contributed by atoms with Crippen molar-refractivity contribution in [2.75, 3.05) is 13.6 Å². The average Bonchev–Trinajstić information content (AvgIpc) is 2.24. The van der Waals surface area contributed by atoms with E-state index in [9.17, 15) is 22.8 Å². The Labute approximate surface area is 95.1 Å². The zero-order valence-electron chi connectivity index (χ0n) is 9.04. The molecule has 1 N–H and O–H groups in total. The van der Waals surface area contributed by atoms with Crippen LogP contribution in [-0.4, -0.2) is 35.6 Å². The second-order valence-corrected chi connectivity index (χ2v) is 3.51. The molecule has 0 bridgehead atoms. The fourth-order valence-electron chi connectivity index (χ4n) is 1.18. The predicted molar refractivity (Wildman–Crippen MR) is 54.7 cm³/mol. The molecule has 1 amide bonds. The van der Waals surface area contributed by atoms with Crippen LogP contribution in [0, 0.1) is 0 Å². The van der Waals surface area contributed by atoms with Gasteiger partial charge in [-0.1, -0.05) is 0 Å². The number of aromatic amines is 1. The Hall–Kier alpha value is -1.79. The number of carbonyl (C=O) groups excluding carboxylic acids is 1. The van der Waals surface area contributed by atoms with E-state index in [1.807, 2.05) is 0 Å². The van der Waals surface area contributed by atoms with E-state index in [-0.39, 0.29) is 5.56 Å². The van der Waals surface area contributed by atoms with Gasteiger partial charge in [-0.05, 0) is 0 Å². The van der Waals surface area contributed by atoms with Crippen molar-refractivity contribution in [2.45, 2.75) is 12.6 Å². The van der Waals surface area contributed by atoms with E-state index in [1.54, 1.807) is 0 Å². The van der Waals surface area contributed by atoms with Gasteiger partial charge in [-0.3, -0.25) is 9.59 Å². The Morgan fingerprint density at radius 1 is 1.47 bits per heavy atom. The second-order valence-electron chi connectivity index (χ2n) is 3.51. The van der Waals surface area contributed by atoms with Crippen molar-refractivity contribution >= 4 is 5.91 Å². The van der Waals surface area contributed by atoms with E-state index in [4.69, 9.17) is 0 Å². The normalized spacial score (nSPS) is 11.3. The maximum atomic E-state index is 12.0. The van der Waals surface area contributed by atoms with Crippen LogP contribution < -0.4 is 5.43 Å². The lowest BCUT2D eigenvalue weighted by Gasteiger charge is -2.17. The highest BCUT2D eigenvalue weighted by atomic mass is 19.4. The van der Waals surface area contributed by atoms with Crippen LogP contribution in [0.3, 0.4) is 0 Å². The maximum Gasteiger partial charge on any atom is 0.390 e. The third-order valence-electron chi connectivity index (χ3n) is 2.13. The van der Waals surface area contributed by atoms with Crippen molar-refractivity contribution in [2.24, 2.45) is 0 Å². The van der Waals surface area contributed by atoms with Gasteiger partial charge in [0, 0.05) is 32.1 Å². The Morgan fingerprint density at radius 3 is 2.65 bits per heavy atom. The Morgan fingerprint density at radius 2 is 2.12 bits per heavy atom. The SMILES string of the molecule is CN(CCC(F)(F)F)C(=O)c1c[nH]ccc1=O. The van der Waals surface area contributed by atoms with E-state index < -0.39 is 30.5 Å². The molecule has 0 saturated heterocycles. The number of aromatic nitrogens is 1. The van der Waals surface area contributed by atoms with Gasteiger partial charge < -0.3 is 9.88 Å². The van der Waals surface area contributed by atoms with Crippen LogP contribution >= 0.6 is 0 Å². The van der Waals surface area contributed by atoms with Gasteiger partial charge in [-0.2, -0.15) is 13.2 Å². The molecule has 1 aromatic heterocycles. The third kappa shape index (κ3) is 3.93. The van der Waals surface area contributed by atoms with Crippen molar-refractivity contribution < 1.29 is 18.0 Å². The number of hydrogen-bond acceptors (Lipinski definition) is 2. The van der Waals surface area contributed by atoms with Crippen LogP contribution in [0.15, 0.2) is 23.3 Å². The largest absolute Gasteiger partial charge is 0.390 e. The molecule has 7 heteroatoms. The summed E-state index contributed by atoms with van der Waals surface area (Å²) in [6.07, 6.45) is -2.90. The molecule has 0 aliphatic carbocycles. The summed E-state index contributed by atoms with van der Waals surface area (Å²) in [5.41, 5.74) is -0.690. The summed E-state index contributed by atoms with van der Waals surface area (Å²) in [5.74, 6) is -0.726. The summed E-state index contributed by atoms with van der Waals surface area (Å²) >= 11 is 0. The van der Waals surface area contributed by atoms with Crippen LogP contribution in [0.2, 0.25) is 0 Å². The molecule has 0 atom stereocenters. The molecule has 0 spiro atoms. The lowest BCUT2D eigenvalue weighted by molar-refractivity contribution is -0.136. The number of pyridine rings is 1. The van der Waals surface area contributed by atoms with Crippen molar-refractivity contribution in [1.82, 2.24) is 9.88 Å². The first-order valence-electron chi connectivity index (χ1n) is 4.80. The number of amides is 1.